The van der Waals surface area contributed by atoms with Gasteiger partial charge in [0, 0.05) is 25.9 Å². The van der Waals surface area contributed by atoms with Gasteiger partial charge < -0.3 is 9.64 Å². The van der Waals surface area contributed by atoms with Crippen molar-refractivity contribution in [2.45, 2.75) is 0 Å². The highest BCUT2D eigenvalue weighted by Crippen LogP contribution is 2.23. The summed E-state index contributed by atoms with van der Waals surface area (Å²) in [7, 11) is 3.35. The molecule has 0 N–H and O–H groups in total. The predicted molar refractivity (Wildman–Crippen MR) is 88.4 cm³/mol. The zero-order valence-electron chi connectivity index (χ0n) is 13.1. The summed E-state index contributed by atoms with van der Waals surface area (Å²) >= 11 is 0. The summed E-state index contributed by atoms with van der Waals surface area (Å²) in [4.78, 5) is 17.3. The van der Waals surface area contributed by atoms with Crippen LogP contribution in [0.25, 0.3) is 11.6 Å². The van der Waals surface area contributed by atoms with Gasteiger partial charge in [-0.25, -0.2) is 0 Å². The highest BCUT2D eigenvalue weighted by atomic mass is 16.5. The first kappa shape index (κ1) is 16.2. The maximum atomic E-state index is 11.7. The number of hydrogen-bond donors (Lipinski definition) is 0. The number of likely N-dealkylation sites (N-methyl/N-ethyl adjacent to an activating group) is 1. The number of carbonyl (C=O) groups is 1. The molecule has 0 spiro atoms. The van der Waals surface area contributed by atoms with Gasteiger partial charge in [-0.2, -0.15) is 5.26 Å². The van der Waals surface area contributed by atoms with E-state index in [4.69, 9.17) is 4.74 Å². The zero-order chi connectivity index (χ0) is 16.7. The zero-order valence-corrected chi connectivity index (χ0v) is 13.1. The average Bonchev–Trinajstić information content (AvgIpc) is 2.59. The quantitative estimate of drug-likeness (QED) is 0.796. The molecule has 5 nitrogen and oxygen atoms in total. The first-order valence-corrected chi connectivity index (χ1v) is 7.07. The lowest BCUT2D eigenvalue weighted by molar-refractivity contribution is -0.130. The number of aromatic nitrogens is 1. The summed E-state index contributed by atoms with van der Waals surface area (Å²) in [5, 5.41) is 9.36. The number of ether oxygens (including phenoxy) is 1. The van der Waals surface area contributed by atoms with Gasteiger partial charge in [0.05, 0.1) is 11.3 Å². The number of benzene rings is 1. The maximum Gasteiger partial charge on any atom is 0.259 e. The Kier molecular flexibility index (Phi) is 5.48. The molecule has 1 aromatic carbocycles. The van der Waals surface area contributed by atoms with Crippen LogP contribution in [0.5, 0.6) is 5.75 Å². The molecule has 1 amide bonds. The van der Waals surface area contributed by atoms with Crippen molar-refractivity contribution in [2.24, 2.45) is 0 Å². The Balaban J connectivity index is 2.28. The van der Waals surface area contributed by atoms with Crippen LogP contribution >= 0.6 is 0 Å². The molecular weight excluding hydrogens is 290 g/mol. The third kappa shape index (κ3) is 4.42. The number of pyridine rings is 1. The van der Waals surface area contributed by atoms with Gasteiger partial charge >= 0.3 is 0 Å². The number of para-hydroxylation sites is 1. The SMILES string of the molecule is CN(C)C(=O)COc1ccccc1/C=C(/C#N)c1ccccn1. The monoisotopic (exact) mass is 307 g/mol. The van der Waals surface area contributed by atoms with Crippen molar-refractivity contribution in [1.82, 2.24) is 9.88 Å². The molecule has 0 bridgehead atoms. The van der Waals surface area contributed by atoms with Crippen molar-refractivity contribution in [3.8, 4) is 11.8 Å². The molecule has 0 aliphatic heterocycles. The van der Waals surface area contributed by atoms with Crippen LogP contribution in [0.1, 0.15) is 11.3 Å². The number of nitriles is 1. The standard InChI is InChI=1S/C18H17N3O2/c1-21(2)18(22)13-23-17-9-4-3-7-14(17)11-15(12-19)16-8-5-6-10-20-16/h3-11H,13H2,1-2H3/b15-11-. The van der Waals surface area contributed by atoms with Gasteiger partial charge in [-0.3, -0.25) is 9.78 Å². The number of carbonyl (C=O) groups excluding carboxylic acids is 1. The largest absolute Gasteiger partial charge is 0.483 e. The second kappa shape index (κ2) is 7.76. The van der Waals surface area contributed by atoms with E-state index in [1.165, 1.54) is 4.90 Å². The lowest BCUT2D eigenvalue weighted by Gasteiger charge is -2.13. The fourth-order valence-electron chi connectivity index (χ4n) is 1.84. The number of hydrogen-bond acceptors (Lipinski definition) is 4. The van der Waals surface area contributed by atoms with E-state index in [9.17, 15) is 10.1 Å². The Morgan fingerprint density at radius 2 is 2.00 bits per heavy atom. The minimum absolute atomic E-state index is 0.0523. The first-order valence-electron chi connectivity index (χ1n) is 7.07. The van der Waals surface area contributed by atoms with Crippen LogP contribution in [0.2, 0.25) is 0 Å². The van der Waals surface area contributed by atoms with Crippen molar-refractivity contribution in [2.75, 3.05) is 20.7 Å². The Morgan fingerprint density at radius 3 is 2.65 bits per heavy atom. The molecule has 2 rings (SSSR count). The van der Waals surface area contributed by atoms with Crippen LogP contribution in [0, 0.1) is 11.3 Å². The molecule has 0 saturated carbocycles. The minimum atomic E-state index is -0.131. The number of amides is 1. The number of allylic oxidation sites excluding steroid dienone is 1. The highest BCUT2D eigenvalue weighted by Gasteiger charge is 2.09. The van der Waals surface area contributed by atoms with E-state index in [0.717, 1.165) is 5.56 Å². The summed E-state index contributed by atoms with van der Waals surface area (Å²) in [6.45, 7) is -0.0523. The molecule has 1 heterocycles. The molecule has 0 unspecified atom stereocenters. The Bertz CT molecular complexity index is 746. The Labute approximate surface area is 135 Å². The van der Waals surface area contributed by atoms with E-state index < -0.39 is 0 Å². The smallest absolute Gasteiger partial charge is 0.259 e. The lowest BCUT2D eigenvalue weighted by Crippen LogP contribution is -2.27. The molecule has 0 aliphatic carbocycles. The summed E-state index contributed by atoms with van der Waals surface area (Å²) in [6.07, 6.45) is 3.34. The van der Waals surface area contributed by atoms with Crippen molar-refractivity contribution in [3.63, 3.8) is 0 Å². The van der Waals surface area contributed by atoms with Gasteiger partial charge in [0.2, 0.25) is 0 Å². The van der Waals surface area contributed by atoms with E-state index in [-0.39, 0.29) is 12.5 Å². The molecule has 0 saturated heterocycles. The fraction of sp³-hybridized carbons (Fsp3) is 0.167. The van der Waals surface area contributed by atoms with Crippen molar-refractivity contribution >= 4 is 17.6 Å². The number of nitrogens with zero attached hydrogens (tertiary/aromatic N) is 3. The third-order valence-corrected chi connectivity index (χ3v) is 3.13. The molecule has 1 aromatic heterocycles. The van der Waals surface area contributed by atoms with Crippen LogP contribution < -0.4 is 4.74 Å². The topological polar surface area (TPSA) is 66.2 Å². The third-order valence-electron chi connectivity index (χ3n) is 3.13. The minimum Gasteiger partial charge on any atom is -0.483 e. The fourth-order valence-corrected chi connectivity index (χ4v) is 1.84. The van der Waals surface area contributed by atoms with Crippen molar-refractivity contribution < 1.29 is 9.53 Å². The van der Waals surface area contributed by atoms with E-state index >= 15 is 0 Å². The van der Waals surface area contributed by atoms with Gasteiger partial charge in [0.25, 0.3) is 5.91 Å². The van der Waals surface area contributed by atoms with Crippen molar-refractivity contribution in [1.29, 1.82) is 5.26 Å². The van der Waals surface area contributed by atoms with Crippen LogP contribution in [-0.4, -0.2) is 36.5 Å². The molecule has 0 atom stereocenters. The Morgan fingerprint density at radius 1 is 1.26 bits per heavy atom. The van der Waals surface area contributed by atoms with Gasteiger partial charge in [-0.15, -0.1) is 0 Å². The van der Waals surface area contributed by atoms with Crippen LogP contribution in [0.15, 0.2) is 48.7 Å². The molecule has 2 aromatic rings. The van der Waals surface area contributed by atoms with E-state index in [1.807, 2.05) is 24.3 Å². The van der Waals surface area contributed by atoms with Gasteiger partial charge in [-0.1, -0.05) is 24.3 Å². The highest BCUT2D eigenvalue weighted by molar-refractivity contribution is 5.89. The normalized spacial score (nSPS) is 10.7. The van der Waals surface area contributed by atoms with Gasteiger partial charge in [0.15, 0.2) is 6.61 Å². The lowest BCUT2D eigenvalue weighted by atomic mass is 10.1. The first-order chi connectivity index (χ1) is 11.1. The summed E-state index contributed by atoms with van der Waals surface area (Å²) in [5.74, 6) is 0.417. The Hall–Kier alpha value is -3.13. The molecule has 0 radical (unpaired) electrons. The average molecular weight is 307 g/mol. The van der Waals surface area contributed by atoms with Crippen molar-refractivity contribution in [3.05, 3.63) is 59.9 Å². The summed E-state index contributed by atoms with van der Waals surface area (Å²) in [5.41, 5.74) is 1.75. The van der Waals surface area contributed by atoms with Crippen LogP contribution in [0.3, 0.4) is 0 Å². The van der Waals surface area contributed by atoms with E-state index in [1.54, 1.807) is 44.6 Å². The van der Waals surface area contributed by atoms with Gasteiger partial charge in [-0.05, 0) is 24.3 Å². The molecule has 0 fully saturated rings. The predicted octanol–water partition coefficient (Wildman–Crippen LogP) is 2.61. The molecule has 23 heavy (non-hydrogen) atoms. The summed E-state index contributed by atoms with van der Waals surface area (Å²) < 4.78 is 5.58. The second-order valence-electron chi connectivity index (χ2n) is 5.00. The molecule has 116 valence electrons. The van der Waals surface area contributed by atoms with Gasteiger partial charge in [0.1, 0.15) is 11.8 Å². The second-order valence-corrected chi connectivity index (χ2v) is 5.00. The van der Waals surface area contributed by atoms with E-state index in [2.05, 4.69) is 11.1 Å². The van der Waals surface area contributed by atoms with E-state index in [0.29, 0.717) is 17.0 Å². The van der Waals surface area contributed by atoms with Crippen LogP contribution in [-0.2, 0) is 4.79 Å². The van der Waals surface area contributed by atoms with Crippen LogP contribution in [0.4, 0.5) is 0 Å². The molecular formula is C18H17N3O2. The maximum absolute atomic E-state index is 11.7. The molecule has 5 heteroatoms. The number of rotatable bonds is 5. The molecule has 0 aliphatic rings. The summed E-state index contributed by atoms with van der Waals surface area (Å²) in [6, 6.07) is 14.8.